The molecule has 2 heteroatoms. The highest BCUT2D eigenvalue weighted by Crippen LogP contribution is 2.25. The third kappa shape index (κ3) is 2.49. The van der Waals surface area contributed by atoms with Gasteiger partial charge in [0, 0.05) is 27.4 Å². The number of rotatable bonds is 3. The molecule has 0 unspecified atom stereocenters. The first kappa shape index (κ1) is 12.2. The van der Waals surface area contributed by atoms with Crippen LogP contribution in [0.15, 0.2) is 48.5 Å². The van der Waals surface area contributed by atoms with Gasteiger partial charge in [0.1, 0.15) is 0 Å². The average Bonchev–Trinajstić information content (AvgIpc) is 2.74. The molecule has 3 rings (SSSR count). The first-order valence-electron chi connectivity index (χ1n) is 6.51. The van der Waals surface area contributed by atoms with Crippen LogP contribution in [0.2, 0.25) is 0 Å². The van der Waals surface area contributed by atoms with Gasteiger partial charge in [-0.05, 0) is 36.9 Å². The number of hydrogen-bond acceptors (Lipinski definition) is 2. The van der Waals surface area contributed by atoms with Crippen LogP contribution in [0.4, 0.5) is 5.69 Å². The molecule has 0 aliphatic carbocycles. The zero-order chi connectivity index (χ0) is 13.2. The van der Waals surface area contributed by atoms with Gasteiger partial charge >= 0.3 is 0 Å². The lowest BCUT2D eigenvalue weighted by atomic mass is 10.1. The van der Waals surface area contributed by atoms with Gasteiger partial charge in [-0.25, -0.2) is 0 Å². The number of thiophene rings is 1. The summed E-state index contributed by atoms with van der Waals surface area (Å²) in [4.78, 5) is 2.79. The van der Waals surface area contributed by atoms with Crippen LogP contribution in [0.5, 0.6) is 0 Å². The van der Waals surface area contributed by atoms with E-state index in [0.717, 1.165) is 6.54 Å². The summed E-state index contributed by atoms with van der Waals surface area (Å²) in [6.07, 6.45) is 0. The molecule has 1 heterocycles. The Kier molecular flexibility index (Phi) is 3.26. The molecular weight excluding hydrogens is 250 g/mol. The SMILES string of the molecule is Cc1cc(CNc2cccc3ccccc23)c(C)s1. The summed E-state index contributed by atoms with van der Waals surface area (Å²) in [5.41, 5.74) is 2.61. The van der Waals surface area contributed by atoms with Gasteiger partial charge in [-0.1, -0.05) is 36.4 Å². The Hall–Kier alpha value is -1.80. The molecule has 0 aliphatic rings. The van der Waals surface area contributed by atoms with Crippen LogP contribution in [-0.2, 0) is 6.54 Å². The highest BCUT2D eigenvalue weighted by atomic mass is 32.1. The number of fused-ring (bicyclic) bond motifs is 1. The molecule has 0 spiro atoms. The maximum absolute atomic E-state index is 3.56. The van der Waals surface area contributed by atoms with Crippen molar-refractivity contribution in [3.05, 3.63) is 63.8 Å². The van der Waals surface area contributed by atoms with E-state index in [0.29, 0.717) is 0 Å². The minimum Gasteiger partial charge on any atom is -0.380 e. The molecular formula is C17H17NS. The van der Waals surface area contributed by atoms with Crippen molar-refractivity contribution >= 4 is 27.8 Å². The predicted molar refractivity (Wildman–Crippen MR) is 85.1 cm³/mol. The van der Waals surface area contributed by atoms with E-state index in [-0.39, 0.29) is 0 Å². The monoisotopic (exact) mass is 267 g/mol. The van der Waals surface area contributed by atoms with Crippen molar-refractivity contribution in [3.63, 3.8) is 0 Å². The van der Waals surface area contributed by atoms with E-state index in [1.54, 1.807) is 0 Å². The molecule has 1 N–H and O–H groups in total. The Bertz CT molecular complexity index is 707. The third-order valence-corrected chi connectivity index (χ3v) is 4.41. The van der Waals surface area contributed by atoms with Gasteiger partial charge in [0.25, 0.3) is 0 Å². The fraction of sp³-hybridized carbons (Fsp3) is 0.176. The summed E-state index contributed by atoms with van der Waals surface area (Å²) >= 11 is 1.87. The molecule has 0 amide bonds. The van der Waals surface area contributed by atoms with Gasteiger partial charge in [-0.2, -0.15) is 0 Å². The molecule has 1 nitrogen and oxygen atoms in total. The van der Waals surface area contributed by atoms with Gasteiger partial charge in [0.2, 0.25) is 0 Å². The van der Waals surface area contributed by atoms with E-state index in [9.17, 15) is 0 Å². The Balaban J connectivity index is 1.88. The maximum atomic E-state index is 3.56. The standard InChI is InChI=1S/C17H17NS/c1-12-10-15(13(2)19-12)11-18-17-9-5-7-14-6-3-4-8-16(14)17/h3-10,18H,11H2,1-2H3. The molecule has 0 saturated carbocycles. The molecule has 2 aromatic carbocycles. The van der Waals surface area contributed by atoms with E-state index in [4.69, 9.17) is 0 Å². The first-order valence-corrected chi connectivity index (χ1v) is 7.33. The van der Waals surface area contributed by atoms with E-state index in [2.05, 4.69) is 67.7 Å². The van der Waals surface area contributed by atoms with Crippen molar-refractivity contribution in [1.29, 1.82) is 0 Å². The Morgan fingerprint density at radius 1 is 1.00 bits per heavy atom. The van der Waals surface area contributed by atoms with Crippen LogP contribution in [0.25, 0.3) is 10.8 Å². The molecule has 0 bridgehead atoms. The second-order valence-corrected chi connectivity index (χ2v) is 6.28. The number of nitrogens with one attached hydrogen (secondary N) is 1. The highest BCUT2D eigenvalue weighted by molar-refractivity contribution is 7.12. The zero-order valence-electron chi connectivity index (χ0n) is 11.2. The Morgan fingerprint density at radius 3 is 2.58 bits per heavy atom. The average molecular weight is 267 g/mol. The first-order chi connectivity index (χ1) is 9.24. The van der Waals surface area contributed by atoms with E-state index in [1.165, 1.54) is 31.8 Å². The fourth-order valence-electron chi connectivity index (χ4n) is 2.43. The van der Waals surface area contributed by atoms with Crippen molar-refractivity contribution in [1.82, 2.24) is 0 Å². The van der Waals surface area contributed by atoms with Crippen LogP contribution in [-0.4, -0.2) is 0 Å². The summed E-state index contributed by atoms with van der Waals surface area (Å²) < 4.78 is 0. The molecule has 0 radical (unpaired) electrons. The van der Waals surface area contributed by atoms with Gasteiger partial charge in [-0.3, -0.25) is 0 Å². The van der Waals surface area contributed by atoms with E-state index < -0.39 is 0 Å². The highest BCUT2D eigenvalue weighted by Gasteiger charge is 2.04. The molecule has 3 aromatic rings. The van der Waals surface area contributed by atoms with E-state index in [1.807, 2.05) is 11.3 Å². The Labute approximate surface area is 117 Å². The lowest BCUT2D eigenvalue weighted by molar-refractivity contribution is 1.15. The minimum absolute atomic E-state index is 0.893. The lowest BCUT2D eigenvalue weighted by Crippen LogP contribution is -1.99. The van der Waals surface area contributed by atoms with Crippen LogP contribution >= 0.6 is 11.3 Å². The lowest BCUT2D eigenvalue weighted by Gasteiger charge is -2.09. The normalized spacial score (nSPS) is 10.8. The topological polar surface area (TPSA) is 12.0 Å². The minimum atomic E-state index is 0.893. The van der Waals surface area contributed by atoms with Crippen LogP contribution < -0.4 is 5.32 Å². The zero-order valence-corrected chi connectivity index (χ0v) is 12.1. The fourth-order valence-corrected chi connectivity index (χ4v) is 3.38. The van der Waals surface area contributed by atoms with Gasteiger partial charge in [-0.15, -0.1) is 11.3 Å². The van der Waals surface area contributed by atoms with Gasteiger partial charge in [0.05, 0.1) is 0 Å². The summed E-state index contributed by atoms with van der Waals surface area (Å²) in [5, 5.41) is 6.13. The molecule has 0 fully saturated rings. The van der Waals surface area contributed by atoms with Crippen LogP contribution in [0.3, 0.4) is 0 Å². The van der Waals surface area contributed by atoms with E-state index >= 15 is 0 Å². The molecule has 1 aromatic heterocycles. The van der Waals surface area contributed by atoms with Crippen LogP contribution in [0.1, 0.15) is 15.3 Å². The molecule has 0 atom stereocenters. The van der Waals surface area contributed by atoms with Crippen molar-refractivity contribution < 1.29 is 0 Å². The third-order valence-electron chi connectivity index (χ3n) is 3.40. The summed E-state index contributed by atoms with van der Waals surface area (Å²) in [6.45, 7) is 5.25. The number of benzene rings is 2. The second-order valence-electron chi connectivity index (χ2n) is 4.82. The number of anilines is 1. The van der Waals surface area contributed by atoms with Crippen molar-refractivity contribution in [2.24, 2.45) is 0 Å². The molecule has 0 saturated heterocycles. The molecule has 0 aliphatic heterocycles. The summed E-state index contributed by atoms with van der Waals surface area (Å²) in [5.74, 6) is 0. The van der Waals surface area contributed by atoms with Crippen molar-refractivity contribution in [3.8, 4) is 0 Å². The largest absolute Gasteiger partial charge is 0.380 e. The van der Waals surface area contributed by atoms with Gasteiger partial charge in [0.15, 0.2) is 0 Å². The molecule has 19 heavy (non-hydrogen) atoms. The second kappa shape index (κ2) is 5.06. The smallest absolute Gasteiger partial charge is 0.0422 e. The van der Waals surface area contributed by atoms with Crippen molar-refractivity contribution in [2.45, 2.75) is 20.4 Å². The maximum Gasteiger partial charge on any atom is 0.0422 e. The number of hydrogen-bond donors (Lipinski definition) is 1. The summed E-state index contributed by atoms with van der Waals surface area (Å²) in [7, 11) is 0. The predicted octanol–water partition coefficient (Wildman–Crippen LogP) is 5.13. The Morgan fingerprint density at radius 2 is 1.79 bits per heavy atom. The van der Waals surface area contributed by atoms with Crippen LogP contribution in [0, 0.1) is 13.8 Å². The summed E-state index contributed by atoms with van der Waals surface area (Å²) in [6, 6.07) is 17.2. The quantitative estimate of drug-likeness (QED) is 0.693. The number of aryl methyl sites for hydroxylation is 2. The van der Waals surface area contributed by atoms with Crippen molar-refractivity contribution in [2.75, 3.05) is 5.32 Å². The van der Waals surface area contributed by atoms with Gasteiger partial charge < -0.3 is 5.32 Å². The molecule has 96 valence electrons.